The minimum atomic E-state index is -0.654. The zero-order chi connectivity index (χ0) is 22.4. The number of rotatable bonds is 7. The molecule has 0 aromatic heterocycles. The molecule has 1 aliphatic heterocycles. The minimum Gasteiger partial charge on any atom is -0.508 e. The molecule has 1 unspecified atom stereocenters. The van der Waals surface area contributed by atoms with E-state index in [-0.39, 0.29) is 24.0 Å². The van der Waals surface area contributed by atoms with Gasteiger partial charge in [0, 0.05) is 26.2 Å². The topological polar surface area (TPSA) is 88.5 Å². The van der Waals surface area contributed by atoms with Crippen LogP contribution in [0.25, 0.3) is 0 Å². The number of hydrogen-bond donors (Lipinski definition) is 1. The van der Waals surface area contributed by atoms with Gasteiger partial charge in [-0.1, -0.05) is 6.07 Å². The number of aromatic hydroxyl groups is 1. The first-order valence-electron chi connectivity index (χ1n) is 10.1. The third-order valence-electron chi connectivity index (χ3n) is 5.24. The lowest BCUT2D eigenvalue weighted by Crippen LogP contribution is -2.53. The zero-order valence-electron chi connectivity index (χ0n) is 18.0. The third-order valence-corrected chi connectivity index (χ3v) is 5.24. The van der Waals surface area contributed by atoms with Gasteiger partial charge < -0.3 is 29.1 Å². The number of ether oxygens (including phenoxy) is 3. The van der Waals surface area contributed by atoms with Gasteiger partial charge in [0.2, 0.25) is 5.91 Å². The molecule has 8 heteroatoms. The van der Waals surface area contributed by atoms with Crippen LogP contribution in [0.3, 0.4) is 0 Å². The lowest BCUT2D eigenvalue weighted by atomic mass is 10.1. The normalized spacial score (nSPS) is 14.7. The van der Waals surface area contributed by atoms with E-state index in [1.54, 1.807) is 55.2 Å². The van der Waals surface area contributed by atoms with Crippen molar-refractivity contribution >= 4 is 11.8 Å². The molecular formula is C23H28N2O6. The summed E-state index contributed by atoms with van der Waals surface area (Å²) >= 11 is 0. The van der Waals surface area contributed by atoms with Gasteiger partial charge in [0.1, 0.15) is 11.5 Å². The molecule has 31 heavy (non-hydrogen) atoms. The van der Waals surface area contributed by atoms with E-state index in [9.17, 15) is 14.7 Å². The molecule has 1 saturated heterocycles. The lowest BCUT2D eigenvalue weighted by Gasteiger charge is -2.36. The molecular weight excluding hydrogens is 400 g/mol. The van der Waals surface area contributed by atoms with Crippen LogP contribution in [0, 0.1) is 0 Å². The molecule has 166 valence electrons. The van der Waals surface area contributed by atoms with Gasteiger partial charge in [-0.3, -0.25) is 9.59 Å². The number of carbonyl (C=O) groups is 2. The fourth-order valence-electron chi connectivity index (χ4n) is 3.49. The van der Waals surface area contributed by atoms with Crippen molar-refractivity contribution in [3.8, 4) is 23.0 Å². The molecule has 0 spiro atoms. The van der Waals surface area contributed by atoms with Gasteiger partial charge in [-0.2, -0.15) is 0 Å². The molecule has 2 aromatic rings. The first kappa shape index (κ1) is 22.3. The Labute approximate surface area is 181 Å². The van der Waals surface area contributed by atoms with E-state index in [4.69, 9.17) is 14.2 Å². The SMILES string of the molecule is COc1ccc(CC(=O)N2CCN(C(=O)C(C)Oc3ccc(O)cc3)CC2)cc1OC. The molecule has 0 radical (unpaired) electrons. The van der Waals surface area contributed by atoms with Crippen LogP contribution in [-0.2, 0) is 16.0 Å². The Kier molecular flexibility index (Phi) is 7.23. The number of amides is 2. The Balaban J connectivity index is 1.50. The quantitative estimate of drug-likeness (QED) is 0.727. The Morgan fingerprint density at radius 1 is 0.935 bits per heavy atom. The molecule has 0 aliphatic carbocycles. The maximum Gasteiger partial charge on any atom is 0.263 e. The number of benzene rings is 2. The Hall–Kier alpha value is -3.42. The van der Waals surface area contributed by atoms with Crippen molar-refractivity contribution in [2.45, 2.75) is 19.4 Å². The number of methoxy groups -OCH3 is 2. The van der Waals surface area contributed by atoms with Gasteiger partial charge in [-0.05, 0) is 48.9 Å². The number of nitrogens with zero attached hydrogens (tertiary/aromatic N) is 2. The van der Waals surface area contributed by atoms with Crippen LogP contribution in [0.5, 0.6) is 23.0 Å². The fourth-order valence-corrected chi connectivity index (χ4v) is 3.49. The molecule has 0 saturated carbocycles. The summed E-state index contributed by atoms with van der Waals surface area (Å²) in [6.45, 7) is 3.57. The summed E-state index contributed by atoms with van der Waals surface area (Å²) in [6, 6.07) is 11.7. The average molecular weight is 428 g/mol. The molecule has 0 bridgehead atoms. The highest BCUT2D eigenvalue weighted by atomic mass is 16.5. The minimum absolute atomic E-state index is 0.00714. The highest BCUT2D eigenvalue weighted by Crippen LogP contribution is 2.28. The van der Waals surface area contributed by atoms with Crippen LogP contribution < -0.4 is 14.2 Å². The van der Waals surface area contributed by atoms with E-state index in [1.165, 1.54) is 12.1 Å². The van der Waals surface area contributed by atoms with Gasteiger partial charge in [0.15, 0.2) is 17.6 Å². The fraction of sp³-hybridized carbons (Fsp3) is 0.391. The molecule has 1 N–H and O–H groups in total. The highest BCUT2D eigenvalue weighted by Gasteiger charge is 2.28. The number of phenols is 1. The van der Waals surface area contributed by atoms with E-state index in [0.717, 1.165) is 5.56 Å². The van der Waals surface area contributed by atoms with Crippen LogP contribution >= 0.6 is 0 Å². The van der Waals surface area contributed by atoms with Crippen molar-refractivity contribution in [2.75, 3.05) is 40.4 Å². The first-order valence-corrected chi connectivity index (χ1v) is 10.1. The van der Waals surface area contributed by atoms with Crippen molar-refractivity contribution in [1.82, 2.24) is 9.80 Å². The summed E-state index contributed by atoms with van der Waals surface area (Å²) in [5.74, 6) is 1.75. The summed E-state index contributed by atoms with van der Waals surface area (Å²) in [5.41, 5.74) is 0.845. The van der Waals surface area contributed by atoms with Crippen LogP contribution in [0.15, 0.2) is 42.5 Å². The smallest absolute Gasteiger partial charge is 0.263 e. The maximum atomic E-state index is 12.7. The van der Waals surface area contributed by atoms with Crippen LogP contribution in [0.4, 0.5) is 0 Å². The van der Waals surface area contributed by atoms with E-state index in [2.05, 4.69) is 0 Å². The second-order valence-electron chi connectivity index (χ2n) is 7.33. The Bertz CT molecular complexity index is 907. The van der Waals surface area contributed by atoms with Gasteiger partial charge in [0.25, 0.3) is 5.91 Å². The molecule has 1 aliphatic rings. The van der Waals surface area contributed by atoms with E-state index >= 15 is 0 Å². The van der Waals surface area contributed by atoms with Crippen LogP contribution in [0.1, 0.15) is 12.5 Å². The first-order chi connectivity index (χ1) is 14.9. The predicted octanol–water partition coefficient (Wildman–Crippen LogP) is 2.09. The second-order valence-corrected chi connectivity index (χ2v) is 7.33. The van der Waals surface area contributed by atoms with E-state index in [0.29, 0.717) is 43.4 Å². The number of phenolic OH excluding ortho intramolecular Hbond substituents is 1. The van der Waals surface area contributed by atoms with Crippen molar-refractivity contribution in [3.05, 3.63) is 48.0 Å². The molecule has 2 amide bonds. The largest absolute Gasteiger partial charge is 0.508 e. The van der Waals surface area contributed by atoms with Gasteiger partial charge in [-0.15, -0.1) is 0 Å². The maximum absolute atomic E-state index is 12.7. The predicted molar refractivity (Wildman–Crippen MR) is 115 cm³/mol. The standard InChI is InChI=1S/C23H28N2O6/c1-16(31-19-7-5-18(26)6-8-19)23(28)25-12-10-24(11-13-25)22(27)15-17-4-9-20(29-2)21(14-17)30-3/h4-9,14,16,26H,10-13,15H2,1-3H3. The summed E-state index contributed by atoms with van der Waals surface area (Å²) in [4.78, 5) is 28.9. The molecule has 2 aromatic carbocycles. The van der Waals surface area contributed by atoms with Crippen LogP contribution in [-0.4, -0.2) is 73.2 Å². The van der Waals surface area contributed by atoms with E-state index in [1.807, 2.05) is 6.07 Å². The van der Waals surface area contributed by atoms with Crippen molar-refractivity contribution in [1.29, 1.82) is 0 Å². The molecule has 3 rings (SSSR count). The molecule has 1 heterocycles. The molecule has 1 fully saturated rings. The van der Waals surface area contributed by atoms with E-state index < -0.39 is 6.10 Å². The lowest BCUT2D eigenvalue weighted by molar-refractivity contribution is -0.143. The third kappa shape index (κ3) is 5.59. The Morgan fingerprint density at radius 3 is 2.16 bits per heavy atom. The van der Waals surface area contributed by atoms with Gasteiger partial charge >= 0.3 is 0 Å². The van der Waals surface area contributed by atoms with Crippen LogP contribution in [0.2, 0.25) is 0 Å². The summed E-state index contributed by atoms with van der Waals surface area (Å²) < 4.78 is 16.2. The number of carbonyl (C=O) groups excluding carboxylic acids is 2. The summed E-state index contributed by atoms with van der Waals surface area (Å²) in [6.07, 6.45) is -0.396. The van der Waals surface area contributed by atoms with Crippen molar-refractivity contribution in [3.63, 3.8) is 0 Å². The monoisotopic (exact) mass is 428 g/mol. The van der Waals surface area contributed by atoms with Gasteiger partial charge in [0.05, 0.1) is 20.6 Å². The molecule has 8 nitrogen and oxygen atoms in total. The molecule has 1 atom stereocenters. The number of piperazine rings is 1. The zero-order valence-corrected chi connectivity index (χ0v) is 18.0. The number of hydrogen-bond acceptors (Lipinski definition) is 6. The Morgan fingerprint density at radius 2 is 1.55 bits per heavy atom. The van der Waals surface area contributed by atoms with Gasteiger partial charge in [-0.25, -0.2) is 0 Å². The highest BCUT2D eigenvalue weighted by molar-refractivity contribution is 5.82. The average Bonchev–Trinajstić information content (AvgIpc) is 2.80. The summed E-state index contributed by atoms with van der Waals surface area (Å²) in [7, 11) is 3.13. The van der Waals surface area contributed by atoms with Crippen molar-refractivity contribution < 1.29 is 28.9 Å². The van der Waals surface area contributed by atoms with Crippen molar-refractivity contribution in [2.24, 2.45) is 0 Å². The summed E-state index contributed by atoms with van der Waals surface area (Å²) in [5, 5.41) is 9.34. The second kappa shape index (κ2) is 10.1.